The SMILES string of the molecule is O=C(c1ccc(Cl)cc1)C1Oc2ccccc2C2CC(c3cccs3)=NN12. The Morgan fingerprint density at radius 1 is 1.11 bits per heavy atom. The standard InChI is InChI=1S/C21H15ClN2O2S/c22-14-9-7-13(8-10-14)20(25)21-24-17(15-4-1-2-5-18(15)26-21)12-16(23-24)19-6-3-11-27-19/h1-11,17,21H,12H2. The summed E-state index contributed by atoms with van der Waals surface area (Å²) >= 11 is 7.62. The lowest BCUT2D eigenvalue weighted by molar-refractivity contribution is -0.00455. The zero-order valence-electron chi connectivity index (χ0n) is 14.2. The summed E-state index contributed by atoms with van der Waals surface area (Å²) in [6.45, 7) is 0. The highest BCUT2D eigenvalue weighted by Gasteiger charge is 2.43. The fourth-order valence-electron chi connectivity index (χ4n) is 3.56. The summed E-state index contributed by atoms with van der Waals surface area (Å²) in [5, 5.41) is 9.23. The van der Waals surface area contributed by atoms with Gasteiger partial charge in [-0.3, -0.25) is 4.79 Å². The topological polar surface area (TPSA) is 41.9 Å². The molecule has 2 aliphatic rings. The van der Waals surface area contributed by atoms with Crippen LogP contribution >= 0.6 is 22.9 Å². The molecule has 0 bridgehead atoms. The van der Waals surface area contributed by atoms with Gasteiger partial charge in [-0.15, -0.1) is 11.3 Å². The molecule has 0 radical (unpaired) electrons. The number of carbonyl (C=O) groups is 1. The van der Waals surface area contributed by atoms with Gasteiger partial charge in [-0.1, -0.05) is 35.9 Å². The van der Waals surface area contributed by atoms with Gasteiger partial charge in [-0.05, 0) is 41.8 Å². The molecule has 0 fully saturated rings. The molecule has 2 aromatic carbocycles. The van der Waals surface area contributed by atoms with Crippen LogP contribution < -0.4 is 4.74 Å². The summed E-state index contributed by atoms with van der Waals surface area (Å²) in [4.78, 5) is 14.3. The number of ketones is 1. The fraction of sp³-hybridized carbons (Fsp3) is 0.143. The minimum atomic E-state index is -0.788. The van der Waals surface area contributed by atoms with Crippen LogP contribution in [0.15, 0.2) is 71.1 Å². The third-order valence-electron chi connectivity index (χ3n) is 4.86. The average Bonchev–Trinajstić information content (AvgIpc) is 3.37. The summed E-state index contributed by atoms with van der Waals surface area (Å²) in [6.07, 6.45) is -0.0331. The molecule has 134 valence electrons. The number of hydrazone groups is 1. The number of halogens is 1. The molecule has 1 aromatic heterocycles. The molecule has 3 aromatic rings. The van der Waals surface area contributed by atoms with E-state index in [1.807, 2.05) is 40.7 Å². The molecule has 0 aliphatic carbocycles. The molecular weight excluding hydrogens is 380 g/mol. The van der Waals surface area contributed by atoms with Gasteiger partial charge in [0.05, 0.1) is 16.6 Å². The zero-order chi connectivity index (χ0) is 18.4. The molecule has 0 amide bonds. The lowest BCUT2D eigenvalue weighted by Crippen LogP contribution is -2.45. The molecule has 0 saturated heterocycles. The van der Waals surface area contributed by atoms with Crippen molar-refractivity contribution in [1.82, 2.24) is 5.01 Å². The molecule has 4 nitrogen and oxygen atoms in total. The Balaban J connectivity index is 1.56. The van der Waals surface area contributed by atoms with E-state index in [4.69, 9.17) is 21.4 Å². The summed E-state index contributed by atoms with van der Waals surface area (Å²) in [5.74, 6) is 0.621. The number of ether oxygens (including phenoxy) is 1. The number of hydrogen-bond donors (Lipinski definition) is 0. The zero-order valence-corrected chi connectivity index (χ0v) is 15.8. The van der Waals surface area contributed by atoms with Crippen molar-refractivity contribution in [3.8, 4) is 5.75 Å². The first kappa shape index (κ1) is 16.5. The first-order valence-corrected chi connectivity index (χ1v) is 9.91. The average molecular weight is 395 g/mol. The van der Waals surface area contributed by atoms with Gasteiger partial charge >= 0.3 is 0 Å². The fourth-order valence-corrected chi connectivity index (χ4v) is 4.40. The van der Waals surface area contributed by atoms with Crippen LogP contribution in [0.4, 0.5) is 0 Å². The second-order valence-electron chi connectivity index (χ2n) is 6.50. The summed E-state index contributed by atoms with van der Waals surface area (Å²) < 4.78 is 6.10. The van der Waals surface area contributed by atoms with Crippen LogP contribution in [0.3, 0.4) is 0 Å². The van der Waals surface area contributed by atoms with Crippen molar-refractivity contribution < 1.29 is 9.53 Å². The third kappa shape index (κ3) is 2.83. The summed E-state index contributed by atoms with van der Waals surface area (Å²) in [7, 11) is 0. The molecule has 0 spiro atoms. The van der Waals surface area contributed by atoms with Gasteiger partial charge in [0.15, 0.2) is 0 Å². The Kier molecular flexibility index (Phi) is 3.99. The van der Waals surface area contributed by atoms with Gasteiger partial charge in [-0.2, -0.15) is 5.10 Å². The van der Waals surface area contributed by atoms with Gasteiger partial charge in [-0.25, -0.2) is 5.01 Å². The number of Topliss-reactive ketones (excluding diaryl/α,β-unsaturated/α-hetero) is 1. The predicted molar refractivity (Wildman–Crippen MR) is 107 cm³/mol. The van der Waals surface area contributed by atoms with Crippen molar-refractivity contribution in [1.29, 1.82) is 0 Å². The smallest absolute Gasteiger partial charge is 0.251 e. The van der Waals surface area contributed by atoms with Gasteiger partial charge in [0, 0.05) is 22.6 Å². The van der Waals surface area contributed by atoms with E-state index >= 15 is 0 Å². The first-order chi connectivity index (χ1) is 13.2. The molecule has 2 unspecified atom stereocenters. The molecule has 0 saturated carbocycles. The minimum Gasteiger partial charge on any atom is -0.461 e. The molecule has 6 heteroatoms. The molecule has 27 heavy (non-hydrogen) atoms. The van der Waals surface area contributed by atoms with Gasteiger partial charge in [0.2, 0.25) is 5.78 Å². The predicted octanol–water partition coefficient (Wildman–Crippen LogP) is 5.15. The Morgan fingerprint density at radius 2 is 1.93 bits per heavy atom. The van der Waals surface area contributed by atoms with E-state index in [0.717, 1.165) is 28.3 Å². The molecule has 0 N–H and O–H groups in total. The number of carbonyl (C=O) groups excluding carboxylic acids is 1. The summed E-state index contributed by atoms with van der Waals surface area (Å²) in [5.41, 5.74) is 2.61. The maximum absolute atomic E-state index is 13.2. The number of thiophene rings is 1. The van der Waals surface area contributed by atoms with Crippen LogP contribution in [-0.2, 0) is 0 Å². The largest absolute Gasteiger partial charge is 0.461 e. The Labute approximate surface area is 165 Å². The van der Waals surface area contributed by atoms with Crippen molar-refractivity contribution in [3.63, 3.8) is 0 Å². The molecule has 5 rings (SSSR count). The monoisotopic (exact) mass is 394 g/mol. The normalized spacial score (nSPS) is 20.5. The van der Waals surface area contributed by atoms with Crippen molar-refractivity contribution in [2.75, 3.05) is 0 Å². The maximum atomic E-state index is 13.2. The lowest BCUT2D eigenvalue weighted by atomic mass is 9.97. The Hall–Kier alpha value is -2.63. The van der Waals surface area contributed by atoms with Crippen LogP contribution in [0.5, 0.6) is 5.75 Å². The maximum Gasteiger partial charge on any atom is 0.251 e. The van der Waals surface area contributed by atoms with Crippen molar-refractivity contribution in [3.05, 3.63) is 87.1 Å². The highest BCUT2D eigenvalue weighted by molar-refractivity contribution is 7.12. The number of para-hydroxylation sites is 1. The number of rotatable bonds is 3. The van der Waals surface area contributed by atoms with Crippen LogP contribution in [0.2, 0.25) is 5.02 Å². The summed E-state index contributed by atoms with van der Waals surface area (Å²) in [6, 6.07) is 18.8. The third-order valence-corrected chi connectivity index (χ3v) is 6.03. The van der Waals surface area contributed by atoms with Crippen molar-refractivity contribution in [2.45, 2.75) is 18.7 Å². The number of hydrogen-bond acceptors (Lipinski definition) is 5. The molecule has 2 atom stereocenters. The number of benzene rings is 2. The van der Waals surface area contributed by atoms with E-state index in [1.54, 1.807) is 35.6 Å². The van der Waals surface area contributed by atoms with E-state index in [9.17, 15) is 4.79 Å². The quantitative estimate of drug-likeness (QED) is 0.576. The van der Waals surface area contributed by atoms with Crippen LogP contribution in [0, 0.1) is 0 Å². The van der Waals surface area contributed by atoms with Crippen molar-refractivity contribution in [2.24, 2.45) is 5.10 Å². The second kappa shape index (κ2) is 6.51. The van der Waals surface area contributed by atoms with E-state index in [-0.39, 0.29) is 11.8 Å². The van der Waals surface area contributed by atoms with Crippen LogP contribution in [-0.4, -0.2) is 22.7 Å². The van der Waals surface area contributed by atoms with Crippen LogP contribution in [0.25, 0.3) is 0 Å². The Bertz CT molecular complexity index is 1030. The van der Waals surface area contributed by atoms with E-state index < -0.39 is 6.23 Å². The first-order valence-electron chi connectivity index (χ1n) is 8.66. The lowest BCUT2D eigenvalue weighted by Gasteiger charge is -2.37. The van der Waals surface area contributed by atoms with Crippen molar-refractivity contribution >= 4 is 34.4 Å². The highest BCUT2D eigenvalue weighted by Crippen LogP contribution is 2.43. The molecule has 3 heterocycles. The van der Waals surface area contributed by atoms with Gasteiger partial charge < -0.3 is 4.74 Å². The van der Waals surface area contributed by atoms with Gasteiger partial charge in [0.25, 0.3) is 6.23 Å². The number of nitrogens with zero attached hydrogens (tertiary/aromatic N) is 2. The van der Waals surface area contributed by atoms with Crippen LogP contribution in [0.1, 0.15) is 33.3 Å². The highest BCUT2D eigenvalue weighted by atomic mass is 35.5. The molecule has 2 aliphatic heterocycles. The van der Waals surface area contributed by atoms with Gasteiger partial charge in [0.1, 0.15) is 5.75 Å². The molecular formula is C21H15ClN2O2S. The second-order valence-corrected chi connectivity index (χ2v) is 7.89. The van der Waals surface area contributed by atoms with E-state index in [0.29, 0.717) is 10.6 Å². The van der Waals surface area contributed by atoms with E-state index in [2.05, 4.69) is 6.07 Å². The Morgan fingerprint density at radius 3 is 2.70 bits per heavy atom. The van der Waals surface area contributed by atoms with E-state index in [1.165, 1.54) is 0 Å². The number of fused-ring (bicyclic) bond motifs is 3. The minimum absolute atomic E-state index is 0.00620.